The highest BCUT2D eigenvalue weighted by Gasteiger charge is 2.20. The smallest absolute Gasteiger partial charge is 0.408 e. The van der Waals surface area contributed by atoms with Gasteiger partial charge in [0.05, 0.1) is 6.04 Å². The summed E-state index contributed by atoms with van der Waals surface area (Å²) in [6.07, 6.45) is 0.505. The molecule has 118 valence electrons. The minimum absolute atomic E-state index is 0.126. The lowest BCUT2D eigenvalue weighted by atomic mass is 10.1. The Morgan fingerprint density at radius 3 is 2.52 bits per heavy atom. The maximum absolute atomic E-state index is 12.0. The summed E-state index contributed by atoms with van der Waals surface area (Å²) in [5.41, 5.74) is 6.02. The van der Waals surface area contributed by atoms with Crippen molar-refractivity contribution in [3.63, 3.8) is 0 Å². The van der Waals surface area contributed by atoms with Crippen molar-refractivity contribution in [2.45, 2.75) is 38.8 Å². The fourth-order valence-electron chi connectivity index (χ4n) is 1.86. The molecule has 0 aliphatic rings. The van der Waals surface area contributed by atoms with Crippen molar-refractivity contribution < 1.29 is 9.53 Å². The van der Waals surface area contributed by atoms with E-state index in [1.165, 1.54) is 0 Å². The van der Waals surface area contributed by atoms with Crippen molar-refractivity contribution in [1.29, 1.82) is 0 Å². The standard InChI is InChI=1S/C16H27N3O2/c1-16(2,3)21-15(20)19-14(12-18-11-7-10-17)13-8-5-4-6-9-13/h4-6,8-9,14,18H,7,10-12,17H2,1-3H3,(H,19,20). The van der Waals surface area contributed by atoms with Gasteiger partial charge < -0.3 is 21.1 Å². The lowest BCUT2D eigenvalue weighted by Crippen LogP contribution is -2.39. The first-order valence-electron chi connectivity index (χ1n) is 7.37. The van der Waals surface area contributed by atoms with Crippen molar-refractivity contribution in [2.24, 2.45) is 5.73 Å². The molecule has 1 amide bonds. The second-order valence-electron chi connectivity index (χ2n) is 5.96. The van der Waals surface area contributed by atoms with Crippen molar-refractivity contribution in [1.82, 2.24) is 10.6 Å². The number of amides is 1. The van der Waals surface area contributed by atoms with E-state index in [0.717, 1.165) is 18.5 Å². The van der Waals surface area contributed by atoms with Crippen LogP contribution >= 0.6 is 0 Å². The van der Waals surface area contributed by atoms with Crippen LogP contribution < -0.4 is 16.4 Å². The van der Waals surface area contributed by atoms with E-state index in [9.17, 15) is 4.79 Å². The summed E-state index contributed by atoms with van der Waals surface area (Å²) >= 11 is 0. The van der Waals surface area contributed by atoms with Crippen LogP contribution in [-0.2, 0) is 4.74 Å². The minimum Gasteiger partial charge on any atom is -0.444 e. The molecule has 0 heterocycles. The van der Waals surface area contributed by atoms with Crippen LogP contribution in [0.25, 0.3) is 0 Å². The number of hydrogen-bond donors (Lipinski definition) is 3. The lowest BCUT2D eigenvalue weighted by Gasteiger charge is -2.24. The zero-order valence-electron chi connectivity index (χ0n) is 13.2. The summed E-state index contributed by atoms with van der Waals surface area (Å²) in [6.45, 7) is 7.68. The van der Waals surface area contributed by atoms with E-state index in [-0.39, 0.29) is 6.04 Å². The molecule has 0 aliphatic carbocycles. The van der Waals surface area contributed by atoms with Gasteiger partial charge in [0.1, 0.15) is 5.60 Å². The first kappa shape index (κ1) is 17.5. The van der Waals surface area contributed by atoms with E-state index in [1.807, 2.05) is 51.1 Å². The molecule has 4 N–H and O–H groups in total. The number of alkyl carbamates (subject to hydrolysis) is 1. The molecule has 5 nitrogen and oxygen atoms in total. The molecular weight excluding hydrogens is 266 g/mol. The number of hydrogen-bond acceptors (Lipinski definition) is 4. The third kappa shape index (κ3) is 7.68. The zero-order chi connectivity index (χ0) is 15.7. The Morgan fingerprint density at radius 2 is 1.95 bits per heavy atom. The van der Waals surface area contributed by atoms with Crippen LogP contribution in [0.4, 0.5) is 4.79 Å². The van der Waals surface area contributed by atoms with Crippen LogP contribution in [0.2, 0.25) is 0 Å². The molecule has 21 heavy (non-hydrogen) atoms. The highest BCUT2D eigenvalue weighted by atomic mass is 16.6. The summed E-state index contributed by atoms with van der Waals surface area (Å²) in [5.74, 6) is 0. The van der Waals surface area contributed by atoms with Crippen molar-refractivity contribution in [3.8, 4) is 0 Å². The van der Waals surface area contributed by atoms with Crippen molar-refractivity contribution in [2.75, 3.05) is 19.6 Å². The van der Waals surface area contributed by atoms with Gasteiger partial charge >= 0.3 is 6.09 Å². The number of carbonyl (C=O) groups excluding carboxylic acids is 1. The molecule has 1 aromatic carbocycles. The van der Waals surface area contributed by atoms with Gasteiger partial charge in [0.25, 0.3) is 0 Å². The van der Waals surface area contributed by atoms with Gasteiger partial charge in [-0.05, 0) is 45.8 Å². The van der Waals surface area contributed by atoms with E-state index in [2.05, 4.69) is 10.6 Å². The van der Waals surface area contributed by atoms with E-state index < -0.39 is 11.7 Å². The Balaban J connectivity index is 2.62. The summed E-state index contributed by atoms with van der Waals surface area (Å²) in [5, 5.41) is 6.21. The lowest BCUT2D eigenvalue weighted by molar-refractivity contribution is 0.0503. The van der Waals surface area contributed by atoms with E-state index in [0.29, 0.717) is 13.1 Å². The Bertz CT molecular complexity index is 415. The van der Waals surface area contributed by atoms with Gasteiger partial charge in [-0.15, -0.1) is 0 Å². The number of ether oxygens (including phenoxy) is 1. The van der Waals surface area contributed by atoms with Gasteiger partial charge in [-0.2, -0.15) is 0 Å². The molecule has 1 aromatic rings. The van der Waals surface area contributed by atoms with Gasteiger partial charge in [-0.25, -0.2) is 4.79 Å². The maximum Gasteiger partial charge on any atom is 0.408 e. The average molecular weight is 293 g/mol. The fourth-order valence-corrected chi connectivity index (χ4v) is 1.86. The van der Waals surface area contributed by atoms with Crippen LogP contribution in [0.3, 0.4) is 0 Å². The zero-order valence-corrected chi connectivity index (χ0v) is 13.2. The Kier molecular flexibility index (Phi) is 7.19. The van der Waals surface area contributed by atoms with Crippen LogP contribution in [0.5, 0.6) is 0 Å². The van der Waals surface area contributed by atoms with Crippen molar-refractivity contribution >= 4 is 6.09 Å². The average Bonchev–Trinajstić information content (AvgIpc) is 2.41. The second kappa shape index (κ2) is 8.64. The van der Waals surface area contributed by atoms with Crippen LogP contribution in [0, 0.1) is 0 Å². The number of rotatable bonds is 7. The number of nitrogens with one attached hydrogen (secondary N) is 2. The first-order chi connectivity index (χ1) is 9.92. The second-order valence-corrected chi connectivity index (χ2v) is 5.96. The van der Waals surface area contributed by atoms with Crippen LogP contribution in [-0.4, -0.2) is 31.3 Å². The molecule has 0 radical (unpaired) electrons. The van der Waals surface area contributed by atoms with Gasteiger partial charge in [-0.1, -0.05) is 30.3 Å². The normalized spacial score (nSPS) is 12.8. The molecule has 0 aliphatic heterocycles. The molecule has 0 saturated heterocycles. The Labute approximate surface area is 127 Å². The number of carbonyl (C=O) groups is 1. The van der Waals surface area contributed by atoms with Gasteiger partial charge in [0.15, 0.2) is 0 Å². The maximum atomic E-state index is 12.0. The van der Waals surface area contributed by atoms with Crippen LogP contribution in [0.15, 0.2) is 30.3 Å². The highest BCUT2D eigenvalue weighted by Crippen LogP contribution is 2.13. The topological polar surface area (TPSA) is 76.4 Å². The minimum atomic E-state index is -0.502. The van der Waals surface area contributed by atoms with Gasteiger partial charge in [0.2, 0.25) is 0 Å². The van der Waals surface area contributed by atoms with Crippen LogP contribution in [0.1, 0.15) is 38.8 Å². The van der Waals surface area contributed by atoms with E-state index in [1.54, 1.807) is 0 Å². The Morgan fingerprint density at radius 1 is 1.29 bits per heavy atom. The third-order valence-corrected chi connectivity index (χ3v) is 2.80. The third-order valence-electron chi connectivity index (χ3n) is 2.80. The van der Waals surface area contributed by atoms with Crippen molar-refractivity contribution in [3.05, 3.63) is 35.9 Å². The fraction of sp³-hybridized carbons (Fsp3) is 0.562. The SMILES string of the molecule is CC(C)(C)OC(=O)NC(CNCCCN)c1ccccc1. The summed E-state index contributed by atoms with van der Waals surface area (Å²) < 4.78 is 5.32. The molecule has 1 atom stereocenters. The molecule has 0 saturated carbocycles. The molecule has 0 bridgehead atoms. The number of nitrogens with two attached hydrogens (primary N) is 1. The summed E-state index contributed by atoms with van der Waals surface area (Å²) in [7, 11) is 0. The highest BCUT2D eigenvalue weighted by molar-refractivity contribution is 5.68. The molecule has 5 heteroatoms. The quantitative estimate of drug-likeness (QED) is 0.674. The molecule has 0 fully saturated rings. The molecule has 1 rings (SSSR count). The van der Waals surface area contributed by atoms with Gasteiger partial charge in [-0.3, -0.25) is 0 Å². The molecular formula is C16H27N3O2. The van der Waals surface area contributed by atoms with Gasteiger partial charge in [0, 0.05) is 6.54 Å². The van der Waals surface area contributed by atoms with E-state index >= 15 is 0 Å². The Hall–Kier alpha value is -1.59. The summed E-state index contributed by atoms with van der Waals surface area (Å²) in [6, 6.07) is 9.73. The molecule has 0 spiro atoms. The predicted molar refractivity (Wildman–Crippen MR) is 85.1 cm³/mol. The number of benzene rings is 1. The first-order valence-corrected chi connectivity index (χ1v) is 7.37. The van der Waals surface area contributed by atoms with E-state index in [4.69, 9.17) is 10.5 Å². The summed E-state index contributed by atoms with van der Waals surface area (Å²) in [4.78, 5) is 12.0. The molecule has 0 aromatic heterocycles. The monoisotopic (exact) mass is 293 g/mol. The largest absolute Gasteiger partial charge is 0.444 e. The molecule has 1 unspecified atom stereocenters. The predicted octanol–water partition coefficient (Wildman–Crippen LogP) is 2.19.